The molecule has 0 saturated heterocycles. The van der Waals surface area contributed by atoms with Crippen LogP contribution in [-0.2, 0) is 4.79 Å². The van der Waals surface area contributed by atoms with Crippen LogP contribution in [-0.4, -0.2) is 11.1 Å². The molecule has 0 unspecified atom stereocenters. The quantitative estimate of drug-likeness (QED) is 0.617. The van der Waals surface area contributed by atoms with Crippen molar-refractivity contribution in [1.82, 2.24) is 0 Å². The highest BCUT2D eigenvalue weighted by atomic mass is 16.4. The molecule has 0 heterocycles. The third kappa shape index (κ3) is 8.95. The topological polar surface area (TPSA) is 37.3 Å². The van der Waals surface area contributed by atoms with E-state index < -0.39 is 5.97 Å². The van der Waals surface area contributed by atoms with Crippen LogP contribution in [0, 0.1) is 0 Å². The van der Waals surface area contributed by atoms with E-state index in [1.54, 1.807) is 6.08 Å². The first-order valence-corrected chi connectivity index (χ1v) is 3.79. The Bertz CT molecular complexity index is 157. The molecule has 1 N–H and O–H groups in total. The van der Waals surface area contributed by atoms with Gasteiger partial charge in [0.15, 0.2) is 0 Å². The van der Waals surface area contributed by atoms with Crippen molar-refractivity contribution in [2.24, 2.45) is 0 Å². The molecule has 0 spiro atoms. The van der Waals surface area contributed by atoms with Crippen LogP contribution >= 0.6 is 0 Å². The lowest BCUT2D eigenvalue weighted by atomic mass is 10.3. The fraction of sp³-hybridized carbons (Fsp3) is 0.444. The fourth-order valence-corrected chi connectivity index (χ4v) is 0.622. The van der Waals surface area contributed by atoms with Gasteiger partial charge in [-0.2, -0.15) is 0 Å². The molecular weight excluding hydrogens is 140 g/mol. The van der Waals surface area contributed by atoms with Crippen molar-refractivity contribution in [3.63, 3.8) is 0 Å². The molecule has 0 aliphatic heterocycles. The van der Waals surface area contributed by atoms with Crippen LogP contribution in [0.3, 0.4) is 0 Å². The Labute approximate surface area is 67.2 Å². The standard InChI is InChI=1S/C9H14O2/c1-2-3-4-5-6-7-8-9(10)11/h3-4,6-7H,2,5,8H2,1H3,(H,10,11)/b4-3-,7-6-. The molecule has 0 fully saturated rings. The molecular formula is C9H14O2. The molecule has 0 radical (unpaired) electrons. The second-order valence-electron chi connectivity index (χ2n) is 2.18. The molecule has 0 saturated carbocycles. The Morgan fingerprint density at radius 2 is 1.91 bits per heavy atom. The lowest BCUT2D eigenvalue weighted by molar-refractivity contribution is -0.136. The maximum Gasteiger partial charge on any atom is 0.307 e. The number of carboxylic acid groups (broad SMARTS) is 1. The minimum Gasteiger partial charge on any atom is -0.481 e. The van der Waals surface area contributed by atoms with E-state index in [1.165, 1.54) is 0 Å². The zero-order valence-corrected chi connectivity index (χ0v) is 6.79. The molecule has 0 rings (SSSR count). The molecule has 11 heavy (non-hydrogen) atoms. The number of rotatable bonds is 5. The normalized spacial score (nSPS) is 11.4. The van der Waals surface area contributed by atoms with Crippen LogP contribution in [0.25, 0.3) is 0 Å². The Morgan fingerprint density at radius 3 is 2.45 bits per heavy atom. The van der Waals surface area contributed by atoms with E-state index in [2.05, 4.69) is 13.0 Å². The zero-order valence-electron chi connectivity index (χ0n) is 6.79. The van der Waals surface area contributed by atoms with Crippen molar-refractivity contribution in [3.05, 3.63) is 24.3 Å². The summed E-state index contributed by atoms with van der Waals surface area (Å²) in [6.07, 6.45) is 9.61. The van der Waals surface area contributed by atoms with Crippen LogP contribution in [0.2, 0.25) is 0 Å². The van der Waals surface area contributed by atoms with Crippen molar-refractivity contribution >= 4 is 5.97 Å². The van der Waals surface area contributed by atoms with Gasteiger partial charge in [0.1, 0.15) is 0 Å². The molecule has 0 atom stereocenters. The SMILES string of the molecule is CC/C=C\C/C=C\CC(=O)O. The number of carbonyl (C=O) groups is 1. The van der Waals surface area contributed by atoms with Gasteiger partial charge in [0.2, 0.25) is 0 Å². The Kier molecular flexibility index (Phi) is 6.39. The smallest absolute Gasteiger partial charge is 0.307 e. The first-order valence-electron chi connectivity index (χ1n) is 3.79. The number of hydrogen-bond acceptors (Lipinski definition) is 1. The Hall–Kier alpha value is -1.05. The summed E-state index contributed by atoms with van der Waals surface area (Å²) in [5.74, 6) is -0.777. The molecule has 2 heteroatoms. The summed E-state index contributed by atoms with van der Waals surface area (Å²) in [5, 5.41) is 8.25. The fourth-order valence-electron chi connectivity index (χ4n) is 0.622. The van der Waals surface area contributed by atoms with E-state index in [4.69, 9.17) is 5.11 Å². The first-order chi connectivity index (χ1) is 5.27. The molecule has 0 amide bonds. The van der Waals surface area contributed by atoms with Gasteiger partial charge in [-0.15, -0.1) is 0 Å². The van der Waals surface area contributed by atoms with Gasteiger partial charge in [-0.05, 0) is 12.8 Å². The predicted molar refractivity (Wildman–Crippen MR) is 45.4 cm³/mol. The summed E-state index contributed by atoms with van der Waals surface area (Å²) in [5.41, 5.74) is 0. The minimum atomic E-state index is -0.777. The number of hydrogen-bond donors (Lipinski definition) is 1. The monoisotopic (exact) mass is 154 g/mol. The minimum absolute atomic E-state index is 0.125. The van der Waals surface area contributed by atoms with E-state index in [-0.39, 0.29) is 6.42 Å². The molecule has 0 aromatic rings. The molecule has 0 aliphatic rings. The van der Waals surface area contributed by atoms with Gasteiger partial charge >= 0.3 is 5.97 Å². The van der Waals surface area contributed by atoms with E-state index >= 15 is 0 Å². The van der Waals surface area contributed by atoms with Crippen molar-refractivity contribution in [2.45, 2.75) is 26.2 Å². The molecule has 0 aromatic heterocycles. The van der Waals surface area contributed by atoms with Gasteiger partial charge in [-0.3, -0.25) is 4.79 Å². The van der Waals surface area contributed by atoms with Crippen LogP contribution in [0.4, 0.5) is 0 Å². The van der Waals surface area contributed by atoms with Crippen molar-refractivity contribution in [2.75, 3.05) is 0 Å². The summed E-state index contributed by atoms with van der Waals surface area (Å²) in [7, 11) is 0. The summed E-state index contributed by atoms with van der Waals surface area (Å²) in [6.45, 7) is 2.07. The largest absolute Gasteiger partial charge is 0.481 e. The van der Waals surface area contributed by atoms with Crippen LogP contribution in [0.5, 0.6) is 0 Å². The van der Waals surface area contributed by atoms with Crippen molar-refractivity contribution < 1.29 is 9.90 Å². The highest BCUT2D eigenvalue weighted by Gasteiger charge is 1.86. The highest BCUT2D eigenvalue weighted by Crippen LogP contribution is 1.90. The Balaban J connectivity index is 3.30. The van der Waals surface area contributed by atoms with Crippen LogP contribution in [0.15, 0.2) is 24.3 Å². The van der Waals surface area contributed by atoms with Gasteiger partial charge in [-0.1, -0.05) is 31.2 Å². The van der Waals surface area contributed by atoms with Crippen LogP contribution < -0.4 is 0 Å². The molecule has 0 bridgehead atoms. The van der Waals surface area contributed by atoms with E-state index in [0.29, 0.717) is 0 Å². The maximum atomic E-state index is 10.0. The maximum absolute atomic E-state index is 10.0. The van der Waals surface area contributed by atoms with Crippen molar-refractivity contribution in [1.29, 1.82) is 0 Å². The summed E-state index contributed by atoms with van der Waals surface area (Å²) < 4.78 is 0. The number of carboxylic acids is 1. The summed E-state index contributed by atoms with van der Waals surface area (Å²) in [4.78, 5) is 10.0. The third-order valence-electron chi connectivity index (χ3n) is 1.13. The van der Waals surface area contributed by atoms with Gasteiger partial charge in [0, 0.05) is 0 Å². The molecule has 2 nitrogen and oxygen atoms in total. The third-order valence-corrected chi connectivity index (χ3v) is 1.13. The molecule has 62 valence electrons. The van der Waals surface area contributed by atoms with Gasteiger partial charge in [0.05, 0.1) is 6.42 Å². The van der Waals surface area contributed by atoms with E-state index in [0.717, 1.165) is 12.8 Å². The van der Waals surface area contributed by atoms with Gasteiger partial charge < -0.3 is 5.11 Å². The zero-order chi connectivity index (χ0) is 8.53. The lowest BCUT2D eigenvalue weighted by Crippen LogP contribution is -1.89. The van der Waals surface area contributed by atoms with Gasteiger partial charge in [-0.25, -0.2) is 0 Å². The highest BCUT2D eigenvalue weighted by molar-refractivity contribution is 5.68. The average molecular weight is 154 g/mol. The number of aliphatic carboxylic acids is 1. The average Bonchev–Trinajstić information content (AvgIpc) is 1.96. The van der Waals surface area contributed by atoms with Crippen molar-refractivity contribution in [3.8, 4) is 0 Å². The summed E-state index contributed by atoms with van der Waals surface area (Å²) >= 11 is 0. The van der Waals surface area contributed by atoms with E-state index in [1.807, 2.05) is 12.2 Å². The van der Waals surface area contributed by atoms with Crippen LogP contribution in [0.1, 0.15) is 26.2 Å². The lowest BCUT2D eigenvalue weighted by Gasteiger charge is -1.82. The first kappa shape index (κ1) is 9.95. The molecule has 0 aromatic carbocycles. The second kappa shape index (κ2) is 7.06. The Morgan fingerprint density at radius 1 is 1.27 bits per heavy atom. The van der Waals surface area contributed by atoms with E-state index in [9.17, 15) is 4.79 Å². The molecule has 0 aliphatic carbocycles. The second-order valence-corrected chi connectivity index (χ2v) is 2.18. The number of allylic oxidation sites excluding steroid dienone is 3. The summed E-state index contributed by atoms with van der Waals surface area (Å²) in [6, 6.07) is 0. The van der Waals surface area contributed by atoms with Gasteiger partial charge in [0.25, 0.3) is 0 Å². The predicted octanol–water partition coefficient (Wildman–Crippen LogP) is 2.37.